The number of nitrogens with one attached hydrogen (secondary N) is 1. The molecular formula is C23H28N2O4. The molecule has 1 N–H and O–H groups in total. The van der Waals surface area contributed by atoms with Crippen molar-refractivity contribution in [1.82, 2.24) is 4.98 Å². The van der Waals surface area contributed by atoms with Gasteiger partial charge >= 0.3 is 5.76 Å². The van der Waals surface area contributed by atoms with Gasteiger partial charge in [0.1, 0.15) is 5.75 Å². The van der Waals surface area contributed by atoms with Gasteiger partial charge in [0.15, 0.2) is 5.58 Å². The third-order valence-corrected chi connectivity index (χ3v) is 5.50. The maximum atomic E-state index is 11.4. The average Bonchev–Trinajstić information content (AvgIpc) is 3.11. The molecule has 0 spiro atoms. The number of morpholine rings is 1. The zero-order valence-corrected chi connectivity index (χ0v) is 17.2. The van der Waals surface area contributed by atoms with Crippen molar-refractivity contribution in [1.29, 1.82) is 0 Å². The van der Waals surface area contributed by atoms with E-state index in [1.165, 1.54) is 5.56 Å². The number of hydrogen-bond donors (Lipinski definition) is 1. The number of benzene rings is 2. The molecule has 2 heterocycles. The van der Waals surface area contributed by atoms with Crippen molar-refractivity contribution < 1.29 is 13.9 Å². The van der Waals surface area contributed by atoms with Gasteiger partial charge < -0.3 is 18.8 Å². The minimum atomic E-state index is -0.429. The van der Waals surface area contributed by atoms with E-state index in [1.54, 1.807) is 0 Å². The van der Waals surface area contributed by atoms with E-state index in [0.29, 0.717) is 18.1 Å². The molecule has 4 rings (SSSR count). The van der Waals surface area contributed by atoms with Crippen LogP contribution < -0.4 is 15.4 Å². The number of rotatable bonds is 6. The first-order valence-corrected chi connectivity index (χ1v) is 10.2. The third-order valence-electron chi connectivity index (χ3n) is 5.50. The number of hydrogen-bond acceptors (Lipinski definition) is 5. The van der Waals surface area contributed by atoms with Gasteiger partial charge in [-0.1, -0.05) is 32.9 Å². The third kappa shape index (κ3) is 4.32. The molecule has 3 aromatic rings. The second-order valence-electron chi connectivity index (χ2n) is 7.96. The molecule has 0 bridgehead atoms. The lowest BCUT2D eigenvalue weighted by Gasteiger charge is -2.31. The molecule has 1 fully saturated rings. The Kier molecular flexibility index (Phi) is 5.62. The largest absolute Gasteiger partial charge is 0.491 e. The highest BCUT2D eigenvalue weighted by Gasteiger charge is 2.18. The van der Waals surface area contributed by atoms with Crippen LogP contribution in [-0.2, 0) is 4.74 Å². The van der Waals surface area contributed by atoms with E-state index in [9.17, 15) is 4.79 Å². The summed E-state index contributed by atoms with van der Waals surface area (Å²) >= 11 is 0. The Labute approximate surface area is 170 Å². The standard InChI is InChI=1S/C23H28N2O4/c1-15(2)17-4-6-20(25-8-10-27-11-9-25)22(13-17)28-14-16(3)18-5-7-21-19(12-18)24-23(26)29-21/h4-7,12-13,15-16H,8-11,14H2,1-3H3,(H,24,26). The van der Waals surface area contributed by atoms with Crippen molar-refractivity contribution in [2.45, 2.75) is 32.6 Å². The Bertz CT molecular complexity index is 1030. The average molecular weight is 396 g/mol. The fourth-order valence-electron chi connectivity index (χ4n) is 3.66. The number of fused-ring (bicyclic) bond motifs is 1. The smallest absolute Gasteiger partial charge is 0.417 e. The molecule has 6 nitrogen and oxygen atoms in total. The van der Waals surface area contributed by atoms with Crippen LogP contribution in [0.2, 0.25) is 0 Å². The maximum Gasteiger partial charge on any atom is 0.417 e. The topological polar surface area (TPSA) is 67.7 Å². The summed E-state index contributed by atoms with van der Waals surface area (Å²) in [6.07, 6.45) is 0. The van der Waals surface area contributed by atoms with Crippen molar-refractivity contribution >= 4 is 16.8 Å². The molecule has 0 aliphatic carbocycles. The highest BCUT2D eigenvalue weighted by atomic mass is 16.5. The monoisotopic (exact) mass is 396 g/mol. The quantitative estimate of drug-likeness (QED) is 0.674. The Balaban J connectivity index is 1.54. The molecule has 154 valence electrons. The highest BCUT2D eigenvalue weighted by molar-refractivity contribution is 5.73. The van der Waals surface area contributed by atoms with E-state index in [1.807, 2.05) is 18.2 Å². The van der Waals surface area contributed by atoms with Gasteiger partial charge in [-0.3, -0.25) is 4.98 Å². The highest BCUT2D eigenvalue weighted by Crippen LogP contribution is 2.33. The molecule has 1 aromatic heterocycles. The summed E-state index contributed by atoms with van der Waals surface area (Å²) in [5.74, 6) is 1.09. The van der Waals surface area contributed by atoms with Gasteiger partial charge in [-0.2, -0.15) is 0 Å². The van der Waals surface area contributed by atoms with Crippen LogP contribution in [0.3, 0.4) is 0 Å². The molecule has 0 radical (unpaired) electrons. The van der Waals surface area contributed by atoms with Crippen molar-refractivity contribution in [3.8, 4) is 5.75 Å². The van der Waals surface area contributed by atoms with Crippen molar-refractivity contribution in [2.24, 2.45) is 0 Å². The summed E-state index contributed by atoms with van der Waals surface area (Å²) in [6.45, 7) is 10.3. The van der Waals surface area contributed by atoms with E-state index >= 15 is 0 Å². The van der Waals surface area contributed by atoms with Crippen LogP contribution in [0.25, 0.3) is 11.1 Å². The molecule has 1 aliphatic heterocycles. The zero-order valence-electron chi connectivity index (χ0n) is 17.2. The lowest BCUT2D eigenvalue weighted by molar-refractivity contribution is 0.122. The van der Waals surface area contributed by atoms with Crippen LogP contribution >= 0.6 is 0 Å². The number of oxazole rings is 1. The molecule has 6 heteroatoms. The SMILES string of the molecule is CC(C)c1ccc(N2CCOCC2)c(OCC(C)c2ccc3oc(=O)[nH]c3c2)c1. The van der Waals surface area contributed by atoms with Crippen LogP contribution in [-0.4, -0.2) is 37.9 Å². The summed E-state index contributed by atoms with van der Waals surface area (Å²) in [7, 11) is 0. The minimum absolute atomic E-state index is 0.165. The molecule has 2 aromatic carbocycles. The predicted molar refractivity (Wildman–Crippen MR) is 114 cm³/mol. The number of aromatic nitrogens is 1. The van der Waals surface area contributed by atoms with E-state index in [4.69, 9.17) is 13.9 Å². The number of nitrogens with zero attached hydrogens (tertiary/aromatic N) is 1. The second-order valence-corrected chi connectivity index (χ2v) is 7.96. The van der Waals surface area contributed by atoms with Crippen LogP contribution in [0.15, 0.2) is 45.6 Å². The first-order chi connectivity index (χ1) is 14.0. The van der Waals surface area contributed by atoms with Gasteiger partial charge in [0, 0.05) is 19.0 Å². The minimum Gasteiger partial charge on any atom is -0.491 e. The van der Waals surface area contributed by atoms with Crippen molar-refractivity contribution in [2.75, 3.05) is 37.8 Å². The zero-order chi connectivity index (χ0) is 20.4. The Hall–Kier alpha value is -2.73. The Morgan fingerprint density at radius 2 is 1.83 bits per heavy atom. The summed E-state index contributed by atoms with van der Waals surface area (Å²) in [5, 5.41) is 0. The second kappa shape index (κ2) is 8.33. The lowest BCUT2D eigenvalue weighted by atomic mass is 10.0. The summed E-state index contributed by atoms with van der Waals surface area (Å²) in [5.41, 5.74) is 4.78. The molecule has 0 amide bonds. The van der Waals surface area contributed by atoms with Gasteiger partial charge in [0.2, 0.25) is 0 Å². The van der Waals surface area contributed by atoms with Gasteiger partial charge in [-0.25, -0.2) is 4.79 Å². The van der Waals surface area contributed by atoms with Gasteiger partial charge in [0.05, 0.1) is 31.0 Å². The van der Waals surface area contributed by atoms with E-state index in [0.717, 1.165) is 48.8 Å². The van der Waals surface area contributed by atoms with Gasteiger partial charge in [-0.15, -0.1) is 0 Å². The molecule has 29 heavy (non-hydrogen) atoms. The maximum absolute atomic E-state index is 11.4. The van der Waals surface area contributed by atoms with Crippen LogP contribution in [0.5, 0.6) is 5.75 Å². The number of anilines is 1. The van der Waals surface area contributed by atoms with Gasteiger partial charge in [0.25, 0.3) is 0 Å². The van der Waals surface area contributed by atoms with Gasteiger partial charge in [-0.05, 0) is 41.3 Å². The van der Waals surface area contributed by atoms with Crippen molar-refractivity contribution in [3.05, 3.63) is 58.1 Å². The Morgan fingerprint density at radius 1 is 1.07 bits per heavy atom. The first kappa shape index (κ1) is 19.6. The van der Waals surface area contributed by atoms with E-state index in [-0.39, 0.29) is 5.92 Å². The fraction of sp³-hybridized carbons (Fsp3) is 0.435. The number of aromatic amines is 1. The molecular weight excluding hydrogens is 368 g/mol. The molecule has 1 saturated heterocycles. The first-order valence-electron chi connectivity index (χ1n) is 10.2. The number of ether oxygens (including phenoxy) is 2. The van der Waals surface area contributed by atoms with E-state index < -0.39 is 5.76 Å². The summed E-state index contributed by atoms with van der Waals surface area (Å²) < 4.78 is 16.9. The van der Waals surface area contributed by atoms with Crippen LogP contribution in [0.1, 0.15) is 43.7 Å². The van der Waals surface area contributed by atoms with Crippen molar-refractivity contribution in [3.63, 3.8) is 0 Å². The summed E-state index contributed by atoms with van der Waals surface area (Å²) in [6, 6.07) is 12.3. The Morgan fingerprint density at radius 3 is 2.59 bits per heavy atom. The lowest BCUT2D eigenvalue weighted by Crippen LogP contribution is -2.36. The molecule has 1 unspecified atom stereocenters. The molecule has 0 saturated carbocycles. The van der Waals surface area contributed by atoms with E-state index in [2.05, 4.69) is 48.9 Å². The normalized spacial score (nSPS) is 15.8. The summed E-state index contributed by atoms with van der Waals surface area (Å²) in [4.78, 5) is 16.4. The molecule has 1 atom stereocenters. The molecule has 1 aliphatic rings. The fourth-order valence-corrected chi connectivity index (χ4v) is 3.66. The van der Waals surface area contributed by atoms with Crippen LogP contribution in [0, 0.1) is 0 Å². The number of H-pyrrole nitrogens is 1. The van der Waals surface area contributed by atoms with Crippen LogP contribution in [0.4, 0.5) is 5.69 Å². The predicted octanol–water partition coefficient (Wildman–Crippen LogP) is 4.26.